The Hall–Kier alpha value is -3.56. The molecular formula is C27H30ClN3O5S. The molecule has 3 aromatic carbocycles. The number of ether oxygens (including phenoxy) is 2. The summed E-state index contributed by atoms with van der Waals surface area (Å²) in [5.74, 6) is 0.514. The third-order valence-electron chi connectivity index (χ3n) is 5.28. The van der Waals surface area contributed by atoms with E-state index in [1.54, 1.807) is 36.4 Å². The van der Waals surface area contributed by atoms with Gasteiger partial charge in [-0.25, -0.2) is 13.8 Å². The highest BCUT2D eigenvalue weighted by atomic mass is 35.5. The Morgan fingerprint density at radius 1 is 1.03 bits per heavy atom. The Kier molecular flexibility index (Phi) is 9.93. The number of hydrazone groups is 1. The van der Waals surface area contributed by atoms with E-state index in [0.717, 1.165) is 21.7 Å². The third kappa shape index (κ3) is 8.23. The number of aryl methyl sites for hydroxylation is 1. The van der Waals surface area contributed by atoms with Crippen molar-refractivity contribution in [3.05, 3.63) is 88.4 Å². The van der Waals surface area contributed by atoms with E-state index in [-0.39, 0.29) is 0 Å². The van der Waals surface area contributed by atoms with Crippen LogP contribution in [0.3, 0.4) is 0 Å². The lowest BCUT2D eigenvalue weighted by molar-refractivity contribution is -0.119. The Bertz CT molecular complexity index is 1360. The average molecular weight is 544 g/mol. The minimum absolute atomic E-state index is 0.322. The quantitative estimate of drug-likeness (QED) is 0.261. The fourth-order valence-corrected chi connectivity index (χ4v) is 4.66. The molecule has 0 aliphatic rings. The van der Waals surface area contributed by atoms with Crippen molar-refractivity contribution in [2.45, 2.75) is 26.9 Å². The standard InChI is InChI=1S/C27H30ClN3O5S/c1-4-22-10-6-7-12-24(22)31(37(3,33)34)18-27(32)30-29-17-20-13-14-25(26(16-20)35-5-2)36-19-21-9-8-11-23(28)15-21/h6-17H,4-5,18-19H2,1-3H3,(H,30,32)/b29-17+. The van der Waals surface area contributed by atoms with Gasteiger partial charge in [0.25, 0.3) is 5.91 Å². The van der Waals surface area contributed by atoms with Crippen LogP contribution < -0.4 is 19.2 Å². The van der Waals surface area contributed by atoms with Crippen LogP contribution in [-0.2, 0) is 27.8 Å². The first kappa shape index (κ1) is 28.0. The van der Waals surface area contributed by atoms with Crippen molar-refractivity contribution in [1.29, 1.82) is 0 Å². The lowest BCUT2D eigenvalue weighted by Gasteiger charge is -2.23. The third-order valence-corrected chi connectivity index (χ3v) is 6.64. The molecule has 0 saturated carbocycles. The number of nitrogens with zero attached hydrogens (tertiary/aromatic N) is 2. The zero-order valence-electron chi connectivity index (χ0n) is 21.0. The van der Waals surface area contributed by atoms with Crippen molar-refractivity contribution < 1.29 is 22.7 Å². The smallest absolute Gasteiger partial charge is 0.260 e. The van der Waals surface area contributed by atoms with Gasteiger partial charge in [-0.3, -0.25) is 9.10 Å². The molecule has 0 aliphatic carbocycles. The van der Waals surface area contributed by atoms with Gasteiger partial charge >= 0.3 is 0 Å². The lowest BCUT2D eigenvalue weighted by Crippen LogP contribution is -2.39. The van der Waals surface area contributed by atoms with Gasteiger partial charge in [-0.15, -0.1) is 0 Å². The molecule has 3 rings (SSSR count). The Morgan fingerprint density at radius 3 is 2.51 bits per heavy atom. The fraction of sp³-hybridized carbons (Fsp3) is 0.259. The van der Waals surface area contributed by atoms with E-state index >= 15 is 0 Å². The molecule has 0 heterocycles. The second-order valence-electron chi connectivity index (χ2n) is 8.10. The van der Waals surface area contributed by atoms with E-state index in [9.17, 15) is 13.2 Å². The van der Waals surface area contributed by atoms with Gasteiger partial charge in [-0.05, 0) is 66.4 Å². The molecule has 10 heteroatoms. The molecule has 0 fully saturated rings. The zero-order chi connectivity index (χ0) is 26.8. The minimum Gasteiger partial charge on any atom is -0.490 e. The van der Waals surface area contributed by atoms with Crippen LogP contribution in [0.1, 0.15) is 30.5 Å². The normalized spacial score (nSPS) is 11.4. The van der Waals surface area contributed by atoms with Crippen molar-refractivity contribution >= 4 is 39.4 Å². The van der Waals surface area contributed by atoms with Crippen molar-refractivity contribution in [2.24, 2.45) is 5.10 Å². The number of nitrogens with one attached hydrogen (secondary N) is 1. The van der Waals surface area contributed by atoms with Gasteiger partial charge in [-0.2, -0.15) is 5.10 Å². The topological polar surface area (TPSA) is 97.3 Å². The maximum Gasteiger partial charge on any atom is 0.260 e. The van der Waals surface area contributed by atoms with Gasteiger partial charge in [0.05, 0.1) is 24.8 Å². The molecule has 0 saturated heterocycles. The predicted molar refractivity (Wildman–Crippen MR) is 147 cm³/mol. The SMILES string of the molecule is CCOc1cc(/C=N/NC(=O)CN(c2ccccc2CC)S(C)(=O)=O)ccc1OCc1cccc(Cl)c1. The van der Waals surface area contributed by atoms with Crippen molar-refractivity contribution in [2.75, 3.05) is 23.7 Å². The van der Waals surface area contributed by atoms with Crippen LogP contribution in [0.25, 0.3) is 0 Å². The van der Waals surface area contributed by atoms with Crippen LogP contribution in [0.5, 0.6) is 11.5 Å². The monoisotopic (exact) mass is 543 g/mol. The average Bonchev–Trinajstić information content (AvgIpc) is 2.86. The summed E-state index contributed by atoms with van der Waals surface area (Å²) in [7, 11) is -3.68. The largest absolute Gasteiger partial charge is 0.490 e. The molecule has 0 aromatic heterocycles. The zero-order valence-corrected chi connectivity index (χ0v) is 22.6. The van der Waals surface area contributed by atoms with Gasteiger partial charge in [0.15, 0.2) is 11.5 Å². The number of anilines is 1. The molecular weight excluding hydrogens is 514 g/mol. The van der Waals surface area contributed by atoms with Crippen LogP contribution in [0, 0.1) is 0 Å². The highest BCUT2D eigenvalue weighted by molar-refractivity contribution is 7.92. The van der Waals surface area contributed by atoms with E-state index in [2.05, 4.69) is 10.5 Å². The first-order valence-electron chi connectivity index (χ1n) is 11.7. The van der Waals surface area contributed by atoms with Crippen molar-refractivity contribution in [3.63, 3.8) is 0 Å². The van der Waals surface area contributed by atoms with Crippen LogP contribution in [-0.4, -0.2) is 39.9 Å². The number of hydrogen-bond donors (Lipinski definition) is 1. The maximum absolute atomic E-state index is 12.5. The number of hydrogen-bond acceptors (Lipinski definition) is 6. The first-order valence-corrected chi connectivity index (χ1v) is 14.0. The molecule has 0 bridgehead atoms. The number of sulfonamides is 1. The molecule has 3 aromatic rings. The number of carbonyl (C=O) groups is 1. The molecule has 0 aliphatic heterocycles. The van der Waals surface area contributed by atoms with Crippen molar-refractivity contribution in [1.82, 2.24) is 5.43 Å². The number of benzene rings is 3. The summed E-state index contributed by atoms with van der Waals surface area (Å²) in [6, 6.07) is 19.8. The first-order chi connectivity index (χ1) is 17.7. The number of halogens is 1. The van der Waals surface area contributed by atoms with E-state index in [0.29, 0.717) is 47.4 Å². The minimum atomic E-state index is -3.68. The van der Waals surface area contributed by atoms with Gasteiger partial charge in [-0.1, -0.05) is 48.9 Å². The number of rotatable bonds is 12. The summed E-state index contributed by atoms with van der Waals surface area (Å²) < 4.78 is 37.5. The fourth-order valence-electron chi connectivity index (χ4n) is 3.56. The van der Waals surface area contributed by atoms with Gasteiger partial charge in [0.1, 0.15) is 13.2 Å². The van der Waals surface area contributed by atoms with E-state index in [1.807, 2.05) is 44.2 Å². The maximum atomic E-state index is 12.5. The number of amides is 1. The molecule has 1 N–H and O–H groups in total. The second-order valence-corrected chi connectivity index (χ2v) is 10.4. The highest BCUT2D eigenvalue weighted by Crippen LogP contribution is 2.29. The van der Waals surface area contributed by atoms with Crippen LogP contribution in [0.4, 0.5) is 5.69 Å². The summed E-state index contributed by atoms with van der Waals surface area (Å²) in [5.41, 5.74) is 5.28. The molecule has 8 nitrogen and oxygen atoms in total. The van der Waals surface area contributed by atoms with E-state index in [1.165, 1.54) is 6.21 Å². The molecule has 37 heavy (non-hydrogen) atoms. The number of para-hydroxylation sites is 1. The second kappa shape index (κ2) is 13.1. The summed E-state index contributed by atoms with van der Waals surface area (Å²) in [6.07, 6.45) is 3.15. The molecule has 0 spiro atoms. The highest BCUT2D eigenvalue weighted by Gasteiger charge is 2.22. The van der Waals surface area contributed by atoms with Gasteiger partial charge < -0.3 is 9.47 Å². The van der Waals surface area contributed by atoms with Crippen molar-refractivity contribution in [3.8, 4) is 11.5 Å². The van der Waals surface area contributed by atoms with Crippen LogP contribution in [0.15, 0.2) is 71.8 Å². The van der Waals surface area contributed by atoms with Crippen LogP contribution in [0.2, 0.25) is 5.02 Å². The van der Waals surface area contributed by atoms with E-state index < -0.39 is 22.5 Å². The Balaban J connectivity index is 1.67. The Morgan fingerprint density at radius 2 is 1.81 bits per heavy atom. The molecule has 0 radical (unpaired) electrons. The summed E-state index contributed by atoms with van der Waals surface area (Å²) in [4.78, 5) is 12.5. The van der Waals surface area contributed by atoms with Gasteiger partial charge in [0.2, 0.25) is 10.0 Å². The number of carbonyl (C=O) groups excluding carboxylic acids is 1. The molecule has 196 valence electrons. The van der Waals surface area contributed by atoms with Gasteiger partial charge in [0, 0.05) is 5.02 Å². The van der Waals surface area contributed by atoms with Crippen LogP contribution >= 0.6 is 11.6 Å². The van der Waals surface area contributed by atoms with E-state index in [4.69, 9.17) is 21.1 Å². The molecule has 0 atom stereocenters. The summed E-state index contributed by atoms with van der Waals surface area (Å²) in [5, 5.41) is 4.62. The predicted octanol–water partition coefficient (Wildman–Crippen LogP) is 4.80. The lowest BCUT2D eigenvalue weighted by atomic mass is 10.1. The summed E-state index contributed by atoms with van der Waals surface area (Å²) in [6.45, 7) is 4.15. The Labute approximate surface area is 222 Å². The summed E-state index contributed by atoms with van der Waals surface area (Å²) >= 11 is 6.04. The molecule has 0 unspecified atom stereocenters. The molecule has 1 amide bonds.